The van der Waals surface area contributed by atoms with E-state index < -0.39 is 6.10 Å². The van der Waals surface area contributed by atoms with Gasteiger partial charge in [0.2, 0.25) is 0 Å². The zero-order valence-corrected chi connectivity index (χ0v) is 11.8. The third-order valence-corrected chi connectivity index (χ3v) is 3.29. The monoisotopic (exact) mass is 309 g/mol. The molecule has 0 aliphatic carbocycles. The van der Waals surface area contributed by atoms with Crippen molar-refractivity contribution in [3.05, 3.63) is 46.5 Å². The van der Waals surface area contributed by atoms with Crippen LogP contribution in [0.15, 0.2) is 35.1 Å². The van der Waals surface area contributed by atoms with Crippen LogP contribution in [0.1, 0.15) is 30.8 Å². The zero-order valence-electron chi connectivity index (χ0n) is 10.3. The number of aryl methyl sites for hydroxylation is 1. The average molecular weight is 310 g/mol. The highest BCUT2D eigenvalue weighted by Crippen LogP contribution is 2.19. The van der Waals surface area contributed by atoms with Crippen molar-refractivity contribution in [1.29, 1.82) is 0 Å². The molecule has 1 aromatic carbocycles. The summed E-state index contributed by atoms with van der Waals surface area (Å²) in [5, 5.41) is 14.3. The van der Waals surface area contributed by atoms with Gasteiger partial charge >= 0.3 is 0 Å². The molecule has 5 heteroatoms. The summed E-state index contributed by atoms with van der Waals surface area (Å²) in [4.78, 5) is 4.20. The lowest BCUT2D eigenvalue weighted by Crippen LogP contribution is -2.10. The van der Waals surface area contributed by atoms with Crippen LogP contribution >= 0.6 is 15.9 Å². The van der Waals surface area contributed by atoms with Crippen molar-refractivity contribution in [3.63, 3.8) is 0 Å². The zero-order chi connectivity index (χ0) is 13.0. The fraction of sp³-hybridized carbons (Fsp3) is 0.385. The van der Waals surface area contributed by atoms with Crippen molar-refractivity contribution in [1.82, 2.24) is 14.8 Å². The molecule has 96 valence electrons. The van der Waals surface area contributed by atoms with E-state index in [-0.39, 0.29) is 0 Å². The van der Waals surface area contributed by atoms with E-state index in [4.69, 9.17) is 0 Å². The molecule has 2 rings (SSSR count). The number of nitrogens with zero attached hydrogens (tertiary/aromatic N) is 3. The van der Waals surface area contributed by atoms with Gasteiger partial charge in [-0.2, -0.15) is 5.10 Å². The van der Waals surface area contributed by atoms with Crippen LogP contribution in [0.3, 0.4) is 0 Å². The van der Waals surface area contributed by atoms with Gasteiger partial charge in [-0.3, -0.25) is 4.68 Å². The second kappa shape index (κ2) is 6.11. The molecule has 1 unspecified atom stereocenters. The fourth-order valence-corrected chi connectivity index (χ4v) is 2.08. The Bertz CT molecular complexity index is 495. The van der Waals surface area contributed by atoms with Crippen molar-refractivity contribution in [2.45, 2.75) is 32.4 Å². The highest BCUT2D eigenvalue weighted by molar-refractivity contribution is 9.10. The van der Waals surface area contributed by atoms with Crippen molar-refractivity contribution in [2.24, 2.45) is 0 Å². The minimum absolute atomic E-state index is 0.488. The number of aliphatic hydroxyl groups is 1. The van der Waals surface area contributed by atoms with E-state index in [0.29, 0.717) is 6.42 Å². The SMILES string of the molecule is CCCn1ncnc1CC(O)c1ccc(Br)cc1. The van der Waals surface area contributed by atoms with Gasteiger partial charge in [-0.05, 0) is 24.1 Å². The number of benzene rings is 1. The number of halogens is 1. The quantitative estimate of drug-likeness (QED) is 0.924. The predicted molar refractivity (Wildman–Crippen MR) is 73.1 cm³/mol. The summed E-state index contributed by atoms with van der Waals surface area (Å²) >= 11 is 3.38. The third kappa shape index (κ3) is 3.17. The Morgan fingerprint density at radius 1 is 1.33 bits per heavy atom. The minimum Gasteiger partial charge on any atom is -0.388 e. The maximum absolute atomic E-state index is 10.2. The van der Waals surface area contributed by atoms with Gasteiger partial charge in [-0.15, -0.1) is 0 Å². The van der Waals surface area contributed by atoms with E-state index in [1.165, 1.54) is 0 Å². The minimum atomic E-state index is -0.544. The van der Waals surface area contributed by atoms with Crippen LogP contribution in [0.25, 0.3) is 0 Å². The van der Waals surface area contributed by atoms with Gasteiger partial charge in [0.1, 0.15) is 12.2 Å². The molecule has 0 radical (unpaired) electrons. The molecule has 0 spiro atoms. The number of hydrogen-bond donors (Lipinski definition) is 1. The smallest absolute Gasteiger partial charge is 0.138 e. The first-order chi connectivity index (χ1) is 8.70. The Hall–Kier alpha value is -1.20. The van der Waals surface area contributed by atoms with Gasteiger partial charge < -0.3 is 5.11 Å². The van der Waals surface area contributed by atoms with Gasteiger partial charge in [-0.1, -0.05) is 35.0 Å². The molecule has 1 atom stereocenters. The standard InChI is InChI=1S/C13H16BrN3O/c1-2-7-17-13(15-9-16-17)8-12(18)10-3-5-11(14)6-4-10/h3-6,9,12,18H,2,7-8H2,1H3. The molecule has 2 aromatic rings. The Morgan fingerprint density at radius 3 is 2.72 bits per heavy atom. The highest BCUT2D eigenvalue weighted by Gasteiger charge is 2.12. The van der Waals surface area contributed by atoms with Crippen LogP contribution in [-0.4, -0.2) is 19.9 Å². The van der Waals surface area contributed by atoms with E-state index in [1.54, 1.807) is 6.33 Å². The van der Waals surface area contributed by atoms with Crippen LogP contribution in [0.5, 0.6) is 0 Å². The molecule has 1 N–H and O–H groups in total. The normalized spacial score (nSPS) is 12.6. The van der Waals surface area contributed by atoms with E-state index in [2.05, 4.69) is 32.9 Å². The lowest BCUT2D eigenvalue weighted by molar-refractivity contribution is 0.174. The Labute approximate surface area is 115 Å². The lowest BCUT2D eigenvalue weighted by atomic mass is 10.1. The topological polar surface area (TPSA) is 50.9 Å². The summed E-state index contributed by atoms with van der Waals surface area (Å²) in [5.41, 5.74) is 0.893. The van der Waals surface area contributed by atoms with Crippen molar-refractivity contribution in [3.8, 4) is 0 Å². The first kappa shape index (κ1) is 13.2. The number of rotatable bonds is 5. The van der Waals surface area contributed by atoms with E-state index >= 15 is 0 Å². The molecule has 0 bridgehead atoms. The Balaban J connectivity index is 2.08. The summed E-state index contributed by atoms with van der Waals surface area (Å²) in [6, 6.07) is 7.68. The molecular weight excluding hydrogens is 294 g/mol. The molecule has 0 saturated carbocycles. The van der Waals surface area contributed by atoms with Gasteiger partial charge in [0.15, 0.2) is 0 Å². The Morgan fingerprint density at radius 2 is 2.06 bits per heavy atom. The maximum atomic E-state index is 10.2. The van der Waals surface area contributed by atoms with Crippen molar-refractivity contribution < 1.29 is 5.11 Å². The van der Waals surface area contributed by atoms with Crippen LogP contribution in [-0.2, 0) is 13.0 Å². The molecule has 1 heterocycles. The van der Waals surface area contributed by atoms with E-state index in [0.717, 1.165) is 28.8 Å². The van der Waals surface area contributed by atoms with Gasteiger partial charge in [0.25, 0.3) is 0 Å². The predicted octanol–water partition coefficient (Wildman–Crippen LogP) is 2.73. The second-order valence-corrected chi connectivity index (χ2v) is 5.09. The van der Waals surface area contributed by atoms with Crippen LogP contribution < -0.4 is 0 Å². The van der Waals surface area contributed by atoms with Crippen molar-refractivity contribution >= 4 is 15.9 Å². The summed E-state index contributed by atoms with van der Waals surface area (Å²) in [6.45, 7) is 2.93. The largest absolute Gasteiger partial charge is 0.388 e. The number of aliphatic hydroxyl groups excluding tert-OH is 1. The molecule has 0 aliphatic heterocycles. The highest BCUT2D eigenvalue weighted by atomic mass is 79.9. The molecule has 1 aromatic heterocycles. The van der Waals surface area contributed by atoms with Gasteiger partial charge in [0, 0.05) is 17.4 Å². The van der Waals surface area contributed by atoms with Crippen LogP contribution in [0, 0.1) is 0 Å². The summed E-state index contributed by atoms with van der Waals surface area (Å²) < 4.78 is 2.86. The molecular formula is C13H16BrN3O. The van der Waals surface area contributed by atoms with Crippen LogP contribution in [0.4, 0.5) is 0 Å². The Kier molecular flexibility index (Phi) is 4.49. The second-order valence-electron chi connectivity index (χ2n) is 4.17. The molecule has 0 saturated heterocycles. The summed E-state index contributed by atoms with van der Waals surface area (Å²) in [5.74, 6) is 0.826. The number of aromatic nitrogens is 3. The van der Waals surface area contributed by atoms with E-state index in [1.807, 2.05) is 28.9 Å². The first-order valence-electron chi connectivity index (χ1n) is 6.01. The van der Waals surface area contributed by atoms with Gasteiger partial charge in [-0.25, -0.2) is 4.98 Å². The molecule has 0 aliphatic rings. The molecule has 0 amide bonds. The lowest BCUT2D eigenvalue weighted by Gasteiger charge is -2.11. The average Bonchev–Trinajstić information content (AvgIpc) is 2.78. The van der Waals surface area contributed by atoms with E-state index in [9.17, 15) is 5.11 Å². The number of hydrogen-bond acceptors (Lipinski definition) is 3. The summed E-state index contributed by atoms with van der Waals surface area (Å²) in [6.07, 6.45) is 2.49. The van der Waals surface area contributed by atoms with Crippen molar-refractivity contribution in [2.75, 3.05) is 0 Å². The molecule has 18 heavy (non-hydrogen) atoms. The van der Waals surface area contributed by atoms with Gasteiger partial charge in [0.05, 0.1) is 6.10 Å². The first-order valence-corrected chi connectivity index (χ1v) is 6.80. The summed E-state index contributed by atoms with van der Waals surface area (Å²) in [7, 11) is 0. The third-order valence-electron chi connectivity index (χ3n) is 2.76. The molecule has 4 nitrogen and oxygen atoms in total. The molecule has 0 fully saturated rings. The fourth-order valence-electron chi connectivity index (χ4n) is 1.82. The van der Waals surface area contributed by atoms with Crippen LogP contribution in [0.2, 0.25) is 0 Å². The maximum Gasteiger partial charge on any atom is 0.138 e.